The quantitative estimate of drug-likeness (QED) is 0.302. The van der Waals surface area contributed by atoms with E-state index in [0.717, 1.165) is 27.1 Å². The molecule has 0 atom stereocenters. The molecule has 0 bridgehead atoms. The second-order valence-electron chi connectivity index (χ2n) is 7.15. The Balaban J connectivity index is 1.72. The van der Waals surface area contributed by atoms with Gasteiger partial charge in [-0.25, -0.2) is 4.39 Å². The van der Waals surface area contributed by atoms with E-state index in [1.54, 1.807) is 30.3 Å². The van der Waals surface area contributed by atoms with Crippen molar-refractivity contribution in [3.63, 3.8) is 0 Å². The van der Waals surface area contributed by atoms with E-state index in [9.17, 15) is 14.3 Å². The van der Waals surface area contributed by atoms with Crippen LogP contribution < -0.4 is 9.84 Å². The van der Waals surface area contributed by atoms with Crippen molar-refractivity contribution in [1.82, 2.24) is 0 Å². The number of carboxylic acid groups (broad SMARTS) is 1. The lowest BCUT2D eigenvalue weighted by atomic mass is 9.98. The monoisotopic (exact) mass is 485 g/mol. The minimum absolute atomic E-state index is 0.132. The van der Waals surface area contributed by atoms with Crippen molar-refractivity contribution < 1.29 is 19.0 Å². The van der Waals surface area contributed by atoms with E-state index in [0.29, 0.717) is 21.4 Å². The normalized spacial score (nSPS) is 10.9. The van der Waals surface area contributed by atoms with Crippen molar-refractivity contribution in [1.29, 1.82) is 0 Å². The molecule has 0 spiro atoms. The average Bonchev–Trinajstić information content (AvgIpc) is 3.23. The Morgan fingerprint density at radius 3 is 2.53 bits per heavy atom. The highest BCUT2D eigenvalue weighted by molar-refractivity contribution is 7.14. The fourth-order valence-electron chi connectivity index (χ4n) is 3.41. The van der Waals surface area contributed by atoms with Gasteiger partial charge in [-0.15, -0.1) is 11.3 Å². The third-order valence-electron chi connectivity index (χ3n) is 5.00. The Labute approximate surface area is 198 Å². The molecule has 0 aliphatic rings. The summed E-state index contributed by atoms with van der Waals surface area (Å²) in [6, 6.07) is 16.4. The van der Waals surface area contributed by atoms with Gasteiger partial charge in [0.05, 0.1) is 11.0 Å². The number of hydrogen-bond donors (Lipinski definition) is 0. The van der Waals surface area contributed by atoms with Crippen LogP contribution in [-0.2, 0) is 6.61 Å². The van der Waals surface area contributed by atoms with E-state index < -0.39 is 11.8 Å². The zero-order valence-corrected chi connectivity index (χ0v) is 19.2. The summed E-state index contributed by atoms with van der Waals surface area (Å²) in [4.78, 5) is 12.1. The molecule has 0 aliphatic heterocycles. The van der Waals surface area contributed by atoms with Crippen LogP contribution in [0, 0.1) is 12.7 Å². The molecule has 0 fully saturated rings. The van der Waals surface area contributed by atoms with E-state index in [1.165, 1.54) is 29.5 Å². The predicted molar refractivity (Wildman–Crippen MR) is 125 cm³/mol. The molecule has 3 aromatic carbocycles. The molecule has 0 unspecified atom stereocenters. The van der Waals surface area contributed by atoms with Crippen molar-refractivity contribution in [2.45, 2.75) is 13.5 Å². The van der Waals surface area contributed by atoms with Gasteiger partial charge in [0, 0.05) is 26.6 Å². The Morgan fingerprint density at radius 1 is 1.00 bits per heavy atom. The smallest absolute Gasteiger partial charge is 0.127 e. The minimum Gasteiger partial charge on any atom is -0.545 e. The van der Waals surface area contributed by atoms with Crippen LogP contribution in [0.5, 0.6) is 5.75 Å². The van der Waals surface area contributed by atoms with Gasteiger partial charge in [-0.3, -0.25) is 0 Å². The summed E-state index contributed by atoms with van der Waals surface area (Å²) < 4.78 is 19.4. The van der Waals surface area contributed by atoms with Crippen molar-refractivity contribution in [2.75, 3.05) is 0 Å². The maximum Gasteiger partial charge on any atom is 0.127 e. The summed E-state index contributed by atoms with van der Waals surface area (Å²) in [5.41, 5.74) is 4.21. The number of rotatable bonds is 6. The van der Waals surface area contributed by atoms with Crippen LogP contribution in [0.3, 0.4) is 0 Å². The van der Waals surface area contributed by atoms with Crippen LogP contribution in [0.1, 0.15) is 21.5 Å². The van der Waals surface area contributed by atoms with Gasteiger partial charge in [0.2, 0.25) is 0 Å². The molecule has 0 saturated carbocycles. The van der Waals surface area contributed by atoms with Gasteiger partial charge >= 0.3 is 0 Å². The molecule has 0 amide bonds. The molecular formula is C25H16Cl2FO3S-. The van der Waals surface area contributed by atoms with E-state index in [4.69, 9.17) is 27.9 Å². The molecule has 0 saturated heterocycles. The van der Waals surface area contributed by atoms with E-state index >= 15 is 0 Å². The molecule has 0 radical (unpaired) electrons. The summed E-state index contributed by atoms with van der Waals surface area (Å²) in [7, 11) is 0. The Morgan fingerprint density at radius 2 is 1.81 bits per heavy atom. The zero-order chi connectivity index (χ0) is 22.8. The molecule has 7 heteroatoms. The number of halogens is 3. The summed E-state index contributed by atoms with van der Waals surface area (Å²) in [6.07, 6.45) is 0. The van der Waals surface area contributed by atoms with Gasteiger partial charge in [-0.05, 0) is 71.5 Å². The van der Waals surface area contributed by atoms with Crippen molar-refractivity contribution >= 4 is 40.5 Å². The number of aromatic carboxylic acids is 1. The van der Waals surface area contributed by atoms with Crippen LogP contribution in [0.15, 0.2) is 66.0 Å². The van der Waals surface area contributed by atoms with Gasteiger partial charge < -0.3 is 14.6 Å². The van der Waals surface area contributed by atoms with E-state index in [-0.39, 0.29) is 12.2 Å². The first-order valence-corrected chi connectivity index (χ1v) is 11.2. The number of aryl methyl sites for hydroxylation is 1. The maximum atomic E-state index is 13.3. The standard InChI is InChI=1S/C25H17Cl2FO3S/c1-14-10-15(25(29)30)3-6-19(14)24-20(8-9-32-24)21-11-17(26)4-7-23(21)31-13-16-2-5-18(28)12-22(16)27/h2-12H,13H2,1H3,(H,29,30)/p-1. The molecule has 3 nitrogen and oxygen atoms in total. The Kier molecular flexibility index (Phi) is 6.51. The predicted octanol–water partition coefficient (Wildman–Crippen LogP) is 6.78. The highest BCUT2D eigenvalue weighted by Gasteiger charge is 2.17. The fourth-order valence-corrected chi connectivity index (χ4v) is 4.80. The molecule has 4 rings (SSSR count). The Bertz CT molecular complexity index is 1320. The summed E-state index contributed by atoms with van der Waals surface area (Å²) in [5, 5.41) is 14.0. The first kappa shape index (κ1) is 22.3. The van der Waals surface area contributed by atoms with E-state index in [2.05, 4.69) is 0 Å². The maximum absolute atomic E-state index is 13.3. The lowest BCUT2D eigenvalue weighted by Gasteiger charge is -2.15. The SMILES string of the molecule is Cc1cc(C(=O)[O-])ccc1-c1sccc1-c1cc(Cl)ccc1OCc1ccc(F)cc1Cl. The highest BCUT2D eigenvalue weighted by atomic mass is 35.5. The minimum atomic E-state index is -1.21. The number of hydrogen-bond acceptors (Lipinski definition) is 4. The number of carbonyl (C=O) groups excluding carboxylic acids is 1. The lowest BCUT2D eigenvalue weighted by Crippen LogP contribution is -2.22. The summed E-state index contributed by atoms with van der Waals surface area (Å²) in [5.74, 6) is -1.02. The van der Waals surface area contributed by atoms with Crippen LogP contribution in [0.2, 0.25) is 10.0 Å². The largest absolute Gasteiger partial charge is 0.545 e. The molecule has 1 heterocycles. The molecule has 0 N–H and O–H groups in total. The average molecular weight is 486 g/mol. The second kappa shape index (κ2) is 9.33. The first-order chi connectivity index (χ1) is 15.3. The van der Waals surface area contributed by atoms with Gasteiger partial charge in [0.25, 0.3) is 0 Å². The van der Waals surface area contributed by atoms with Crippen molar-refractivity contribution in [3.8, 4) is 27.3 Å². The molecule has 162 valence electrons. The summed E-state index contributed by atoms with van der Waals surface area (Å²) in [6.45, 7) is 2.02. The molecule has 4 aromatic rings. The van der Waals surface area contributed by atoms with Crippen LogP contribution in [0.25, 0.3) is 21.6 Å². The molecule has 32 heavy (non-hydrogen) atoms. The number of carbonyl (C=O) groups is 1. The number of benzene rings is 3. The van der Waals surface area contributed by atoms with Gasteiger partial charge in [-0.2, -0.15) is 0 Å². The number of carboxylic acids is 1. The van der Waals surface area contributed by atoms with E-state index in [1.807, 2.05) is 24.4 Å². The van der Waals surface area contributed by atoms with Gasteiger partial charge in [0.1, 0.15) is 18.2 Å². The second-order valence-corrected chi connectivity index (χ2v) is 8.91. The molecular weight excluding hydrogens is 470 g/mol. The third kappa shape index (κ3) is 4.65. The lowest BCUT2D eigenvalue weighted by molar-refractivity contribution is -0.255. The summed E-state index contributed by atoms with van der Waals surface area (Å²) >= 11 is 14.0. The van der Waals surface area contributed by atoms with Crippen LogP contribution in [-0.4, -0.2) is 5.97 Å². The molecule has 0 aliphatic carbocycles. The Hall–Kier alpha value is -2.86. The number of ether oxygens (including phenoxy) is 1. The fraction of sp³-hybridized carbons (Fsp3) is 0.0800. The zero-order valence-electron chi connectivity index (χ0n) is 16.8. The van der Waals surface area contributed by atoms with Crippen molar-refractivity contribution in [2.24, 2.45) is 0 Å². The third-order valence-corrected chi connectivity index (χ3v) is 6.54. The first-order valence-electron chi connectivity index (χ1n) is 9.60. The van der Waals surface area contributed by atoms with Crippen LogP contribution in [0.4, 0.5) is 4.39 Å². The van der Waals surface area contributed by atoms with Gasteiger partial charge in [0.15, 0.2) is 0 Å². The van der Waals surface area contributed by atoms with Crippen LogP contribution >= 0.6 is 34.5 Å². The van der Waals surface area contributed by atoms with Crippen molar-refractivity contribution in [3.05, 3.63) is 98.6 Å². The van der Waals surface area contributed by atoms with Gasteiger partial charge in [-0.1, -0.05) is 41.4 Å². The number of thiophene rings is 1. The topological polar surface area (TPSA) is 49.4 Å². The molecule has 1 aromatic heterocycles. The highest BCUT2D eigenvalue weighted by Crippen LogP contribution is 2.43.